The van der Waals surface area contributed by atoms with E-state index in [2.05, 4.69) is 10.3 Å². The topological polar surface area (TPSA) is 118 Å². The van der Waals surface area contributed by atoms with E-state index in [4.69, 9.17) is 9.84 Å². The number of carboxylic acid groups (broad SMARTS) is 1. The number of carbonyl (C=O) groups excluding carboxylic acids is 2. The maximum Gasteiger partial charge on any atom is 0.422 e. The summed E-state index contributed by atoms with van der Waals surface area (Å²) in [5, 5.41) is 12.6. The standard InChI is InChI=1S/C23H18F3N3O5S/c1-22(19(31)32,23(24,25)26)29-18(30)17-10-27-20(35-17)28-21(33)34-11-16-14-8-4-2-6-12(14)13-7-3-5-9-15(13)16/h2-10,16H,11H2,1H3,(H,29,30)(H,31,32)(H,27,28,33). The van der Waals surface area contributed by atoms with Crippen LogP contribution < -0.4 is 10.6 Å². The minimum Gasteiger partial charge on any atom is -0.479 e. The van der Waals surface area contributed by atoms with Crippen LogP contribution in [0.15, 0.2) is 54.7 Å². The Bertz CT molecular complexity index is 1260. The number of amides is 2. The molecule has 1 aliphatic carbocycles. The van der Waals surface area contributed by atoms with Gasteiger partial charge in [-0.3, -0.25) is 10.1 Å². The van der Waals surface area contributed by atoms with Crippen molar-refractivity contribution in [3.63, 3.8) is 0 Å². The number of nitrogens with one attached hydrogen (secondary N) is 2. The number of fused-ring (bicyclic) bond motifs is 3. The van der Waals surface area contributed by atoms with E-state index in [0.29, 0.717) is 18.3 Å². The van der Waals surface area contributed by atoms with Crippen molar-refractivity contribution in [3.05, 3.63) is 70.7 Å². The number of anilines is 1. The highest BCUT2D eigenvalue weighted by Crippen LogP contribution is 2.44. The molecule has 4 rings (SSSR count). The Kier molecular flexibility index (Phi) is 6.24. The van der Waals surface area contributed by atoms with Crippen LogP contribution in [0.1, 0.15) is 33.6 Å². The molecular formula is C23H18F3N3O5S. The highest BCUT2D eigenvalue weighted by atomic mass is 32.1. The number of aliphatic carboxylic acids is 1. The first-order valence-electron chi connectivity index (χ1n) is 10.2. The molecule has 182 valence electrons. The van der Waals surface area contributed by atoms with Crippen LogP contribution in [-0.4, -0.2) is 46.4 Å². The Morgan fingerprint density at radius 1 is 1.06 bits per heavy atom. The van der Waals surface area contributed by atoms with Crippen LogP contribution in [0.3, 0.4) is 0 Å². The van der Waals surface area contributed by atoms with Gasteiger partial charge in [-0.15, -0.1) is 0 Å². The van der Waals surface area contributed by atoms with Crippen LogP contribution in [0, 0.1) is 0 Å². The Hall–Kier alpha value is -3.93. The van der Waals surface area contributed by atoms with E-state index >= 15 is 0 Å². The Morgan fingerprint density at radius 2 is 1.63 bits per heavy atom. The fourth-order valence-electron chi connectivity index (χ4n) is 3.69. The van der Waals surface area contributed by atoms with Crippen molar-refractivity contribution in [2.75, 3.05) is 11.9 Å². The highest BCUT2D eigenvalue weighted by molar-refractivity contribution is 7.17. The van der Waals surface area contributed by atoms with E-state index in [-0.39, 0.29) is 22.5 Å². The fourth-order valence-corrected chi connectivity index (χ4v) is 4.39. The lowest BCUT2D eigenvalue weighted by Crippen LogP contribution is -2.61. The van der Waals surface area contributed by atoms with Gasteiger partial charge in [0.2, 0.25) is 5.54 Å². The van der Waals surface area contributed by atoms with Crippen molar-refractivity contribution in [2.24, 2.45) is 0 Å². The summed E-state index contributed by atoms with van der Waals surface area (Å²) in [5.74, 6) is -3.74. The molecule has 1 heterocycles. The smallest absolute Gasteiger partial charge is 0.422 e. The average Bonchev–Trinajstić information content (AvgIpc) is 3.39. The second-order valence-corrected chi connectivity index (χ2v) is 8.89. The second-order valence-electron chi connectivity index (χ2n) is 7.86. The largest absolute Gasteiger partial charge is 0.479 e. The molecule has 8 nitrogen and oxygen atoms in total. The molecule has 0 fully saturated rings. The van der Waals surface area contributed by atoms with E-state index in [9.17, 15) is 27.6 Å². The SMILES string of the molecule is CC(NC(=O)c1cnc(NC(=O)OCC2c3ccccc3-c3ccccc32)s1)(C(=O)O)C(F)(F)F. The molecule has 0 radical (unpaired) electrons. The van der Waals surface area contributed by atoms with Crippen LogP contribution in [0.25, 0.3) is 11.1 Å². The van der Waals surface area contributed by atoms with Gasteiger partial charge < -0.3 is 15.2 Å². The van der Waals surface area contributed by atoms with Crippen molar-refractivity contribution >= 4 is 34.4 Å². The second kappa shape index (κ2) is 9.02. The van der Waals surface area contributed by atoms with Gasteiger partial charge in [-0.2, -0.15) is 13.2 Å². The van der Waals surface area contributed by atoms with Crippen molar-refractivity contribution in [1.29, 1.82) is 0 Å². The summed E-state index contributed by atoms with van der Waals surface area (Å²) < 4.78 is 44.7. The lowest BCUT2D eigenvalue weighted by molar-refractivity contribution is -0.203. The zero-order valence-electron chi connectivity index (χ0n) is 18.1. The van der Waals surface area contributed by atoms with Gasteiger partial charge in [-0.25, -0.2) is 14.6 Å². The number of halogens is 3. The van der Waals surface area contributed by atoms with Crippen molar-refractivity contribution in [3.8, 4) is 11.1 Å². The monoisotopic (exact) mass is 505 g/mol. The summed E-state index contributed by atoms with van der Waals surface area (Å²) in [7, 11) is 0. The third kappa shape index (κ3) is 4.56. The van der Waals surface area contributed by atoms with Gasteiger partial charge in [0.25, 0.3) is 5.91 Å². The predicted octanol–water partition coefficient (Wildman–Crippen LogP) is 4.64. The molecule has 0 saturated heterocycles. The number of rotatable bonds is 6. The number of benzene rings is 2. The summed E-state index contributed by atoms with van der Waals surface area (Å²) in [5.41, 5.74) is 0.649. The van der Waals surface area contributed by atoms with Gasteiger partial charge in [0.05, 0.1) is 6.20 Å². The zero-order valence-corrected chi connectivity index (χ0v) is 18.9. The Morgan fingerprint density at radius 3 is 2.17 bits per heavy atom. The Labute approximate surface area is 200 Å². The molecule has 35 heavy (non-hydrogen) atoms. The normalized spacial score (nSPS) is 14.4. The lowest BCUT2D eigenvalue weighted by Gasteiger charge is -2.28. The van der Waals surface area contributed by atoms with Crippen molar-refractivity contribution in [1.82, 2.24) is 10.3 Å². The molecule has 0 bridgehead atoms. The van der Waals surface area contributed by atoms with E-state index in [0.717, 1.165) is 28.5 Å². The summed E-state index contributed by atoms with van der Waals surface area (Å²) in [4.78, 5) is 39.1. The van der Waals surface area contributed by atoms with Gasteiger partial charge in [-0.05, 0) is 29.2 Å². The first kappa shape index (κ1) is 24.2. The first-order chi connectivity index (χ1) is 16.5. The van der Waals surface area contributed by atoms with E-state index in [1.54, 1.807) is 0 Å². The van der Waals surface area contributed by atoms with Gasteiger partial charge in [0.15, 0.2) is 5.13 Å². The number of carbonyl (C=O) groups is 3. The molecule has 1 atom stereocenters. The molecule has 1 aromatic heterocycles. The summed E-state index contributed by atoms with van der Waals surface area (Å²) in [6.45, 7) is 0.366. The minimum atomic E-state index is -5.23. The number of aromatic nitrogens is 1. The van der Waals surface area contributed by atoms with Gasteiger partial charge >= 0.3 is 18.2 Å². The lowest BCUT2D eigenvalue weighted by atomic mass is 9.98. The molecule has 2 amide bonds. The predicted molar refractivity (Wildman–Crippen MR) is 120 cm³/mol. The van der Waals surface area contributed by atoms with Gasteiger partial charge in [-0.1, -0.05) is 59.9 Å². The first-order valence-corrected chi connectivity index (χ1v) is 11.0. The molecule has 1 unspecified atom stereocenters. The molecule has 2 aromatic carbocycles. The summed E-state index contributed by atoms with van der Waals surface area (Å²) >= 11 is 0.572. The third-order valence-corrected chi connectivity index (χ3v) is 6.55. The van der Waals surface area contributed by atoms with Crippen LogP contribution in [0.5, 0.6) is 0 Å². The van der Waals surface area contributed by atoms with E-state index in [1.807, 2.05) is 48.5 Å². The number of nitrogens with zero attached hydrogens (tertiary/aromatic N) is 1. The van der Waals surface area contributed by atoms with Crippen molar-refractivity contribution in [2.45, 2.75) is 24.6 Å². The highest BCUT2D eigenvalue weighted by Gasteiger charge is 2.58. The van der Waals surface area contributed by atoms with Crippen LogP contribution in [0.2, 0.25) is 0 Å². The molecule has 3 aromatic rings. The summed E-state index contributed by atoms with van der Waals surface area (Å²) in [6.07, 6.45) is -5.17. The zero-order chi connectivity index (χ0) is 25.4. The molecule has 0 spiro atoms. The number of alkyl halides is 3. The number of hydrogen-bond acceptors (Lipinski definition) is 6. The molecule has 1 aliphatic rings. The van der Waals surface area contributed by atoms with Crippen LogP contribution >= 0.6 is 11.3 Å². The maximum absolute atomic E-state index is 13.1. The van der Waals surface area contributed by atoms with E-state index in [1.165, 1.54) is 5.32 Å². The summed E-state index contributed by atoms with van der Waals surface area (Å²) in [6, 6.07) is 15.5. The quantitative estimate of drug-likeness (QED) is 0.449. The Balaban J connectivity index is 1.40. The molecular weight excluding hydrogens is 487 g/mol. The number of ether oxygens (including phenoxy) is 1. The van der Waals surface area contributed by atoms with Gasteiger partial charge in [0.1, 0.15) is 11.5 Å². The average molecular weight is 505 g/mol. The van der Waals surface area contributed by atoms with Crippen LogP contribution in [0.4, 0.5) is 23.1 Å². The number of thiazole rings is 1. The third-order valence-electron chi connectivity index (χ3n) is 5.64. The molecule has 3 N–H and O–H groups in total. The maximum atomic E-state index is 13.1. The number of carboxylic acids is 1. The van der Waals surface area contributed by atoms with Gasteiger partial charge in [0, 0.05) is 5.92 Å². The minimum absolute atomic E-state index is 0.0289. The molecule has 0 saturated carbocycles. The van der Waals surface area contributed by atoms with E-state index < -0.39 is 29.7 Å². The van der Waals surface area contributed by atoms with Crippen molar-refractivity contribution < 1.29 is 37.4 Å². The number of hydrogen-bond donors (Lipinski definition) is 3. The molecule has 0 aliphatic heterocycles. The fraction of sp³-hybridized carbons (Fsp3) is 0.217. The molecule has 12 heteroatoms. The van der Waals surface area contributed by atoms with Crippen LogP contribution in [-0.2, 0) is 9.53 Å².